The molecule has 111 valence electrons. The molecule has 0 aliphatic heterocycles. The van der Waals surface area contributed by atoms with Crippen molar-refractivity contribution in [1.82, 2.24) is 4.57 Å². The first-order valence-corrected chi connectivity index (χ1v) is 6.59. The number of aliphatic carboxylic acids is 1. The average molecular weight is 349 g/mol. The number of ketones is 1. The van der Waals surface area contributed by atoms with Crippen molar-refractivity contribution in [3.05, 3.63) is 38.2 Å². The highest BCUT2D eigenvalue weighted by molar-refractivity contribution is 7.82. The molecule has 21 heavy (non-hydrogen) atoms. The van der Waals surface area contributed by atoms with Crippen molar-refractivity contribution >= 4 is 59.6 Å². The number of rotatable bonds is 5. The van der Waals surface area contributed by atoms with E-state index in [1.54, 1.807) is 0 Å². The minimum atomic E-state index is -1.52. The molecule has 1 N–H and O–H groups in total. The monoisotopic (exact) mass is 348 g/mol. The summed E-state index contributed by atoms with van der Waals surface area (Å²) >= 11 is 15.1. The predicted octanol–water partition coefficient (Wildman–Crippen LogP) is 1.45. The minimum Gasteiger partial charge on any atom is -0.477 e. The van der Waals surface area contributed by atoms with Gasteiger partial charge in [0.05, 0.1) is 5.25 Å². The SMILES string of the molecule is CC(=O)C(=C(C(=O)O)n1cc(Cl)c(=O)c(Cl)c1)C(S)[C]=O. The maximum atomic E-state index is 11.6. The summed E-state index contributed by atoms with van der Waals surface area (Å²) in [6, 6.07) is 0. The van der Waals surface area contributed by atoms with Crippen molar-refractivity contribution in [1.29, 1.82) is 0 Å². The number of thiol groups is 1. The smallest absolute Gasteiger partial charge is 0.353 e. The van der Waals surface area contributed by atoms with Crippen LogP contribution in [0.5, 0.6) is 0 Å². The number of carboxylic acid groups (broad SMARTS) is 1. The van der Waals surface area contributed by atoms with Gasteiger partial charge in [0.15, 0.2) is 5.78 Å². The van der Waals surface area contributed by atoms with Gasteiger partial charge in [-0.3, -0.25) is 14.4 Å². The topological polar surface area (TPSA) is 93.4 Å². The molecule has 0 fully saturated rings. The van der Waals surface area contributed by atoms with Crippen LogP contribution < -0.4 is 5.43 Å². The Morgan fingerprint density at radius 3 is 2.14 bits per heavy atom. The first kappa shape index (κ1) is 17.5. The molecule has 0 bridgehead atoms. The number of Topliss-reactive ketones (excluding diaryl/α,β-unsaturated/α-hetero) is 1. The number of hydrogen-bond donors (Lipinski definition) is 2. The van der Waals surface area contributed by atoms with Gasteiger partial charge in [-0.1, -0.05) is 23.2 Å². The fourth-order valence-electron chi connectivity index (χ4n) is 1.55. The van der Waals surface area contributed by atoms with E-state index in [-0.39, 0.29) is 10.0 Å². The number of nitrogens with zero attached hydrogens (tertiary/aromatic N) is 1. The fourth-order valence-corrected chi connectivity index (χ4v) is 2.32. The molecule has 0 saturated carbocycles. The molecule has 1 radical (unpaired) electrons. The van der Waals surface area contributed by atoms with Gasteiger partial charge < -0.3 is 9.67 Å². The number of halogens is 2. The van der Waals surface area contributed by atoms with Crippen LogP contribution in [-0.4, -0.2) is 33.0 Å². The molecule has 1 aromatic heterocycles. The predicted molar refractivity (Wildman–Crippen MR) is 80.7 cm³/mol. The third-order valence-electron chi connectivity index (χ3n) is 2.42. The van der Waals surface area contributed by atoms with Crippen LogP contribution in [0.15, 0.2) is 22.8 Å². The van der Waals surface area contributed by atoms with Crippen LogP contribution in [0.3, 0.4) is 0 Å². The second-order valence-corrected chi connectivity index (χ2v) is 5.17. The molecule has 1 unspecified atom stereocenters. The Hall–Kier alpha value is -1.57. The van der Waals surface area contributed by atoms with E-state index in [9.17, 15) is 24.3 Å². The van der Waals surface area contributed by atoms with Crippen LogP contribution in [0, 0.1) is 0 Å². The summed E-state index contributed by atoms with van der Waals surface area (Å²) in [5, 5.41) is 7.24. The molecular formula is C12H8Cl2NO5S. The highest BCUT2D eigenvalue weighted by Gasteiger charge is 2.26. The highest BCUT2D eigenvalue weighted by atomic mass is 35.5. The van der Waals surface area contributed by atoms with E-state index in [4.69, 9.17) is 23.2 Å². The van der Waals surface area contributed by atoms with E-state index < -0.39 is 33.7 Å². The van der Waals surface area contributed by atoms with E-state index in [0.29, 0.717) is 0 Å². The molecule has 9 heteroatoms. The Morgan fingerprint density at radius 1 is 1.33 bits per heavy atom. The van der Waals surface area contributed by atoms with Crippen molar-refractivity contribution in [3.63, 3.8) is 0 Å². The molecule has 6 nitrogen and oxygen atoms in total. The normalized spacial score (nSPS) is 13.3. The summed E-state index contributed by atoms with van der Waals surface area (Å²) in [5.74, 6) is -2.22. The van der Waals surface area contributed by atoms with Crippen LogP contribution in [0.2, 0.25) is 10.0 Å². The quantitative estimate of drug-likeness (QED) is 0.620. The molecule has 1 atom stereocenters. The molecule has 0 aliphatic carbocycles. The fraction of sp³-hybridized carbons (Fsp3) is 0.167. The van der Waals surface area contributed by atoms with Crippen LogP contribution in [0.4, 0.5) is 0 Å². The van der Waals surface area contributed by atoms with Gasteiger partial charge >= 0.3 is 5.97 Å². The van der Waals surface area contributed by atoms with Crippen molar-refractivity contribution in [2.24, 2.45) is 0 Å². The van der Waals surface area contributed by atoms with E-state index in [1.807, 2.05) is 0 Å². The minimum absolute atomic E-state index is 0.338. The largest absolute Gasteiger partial charge is 0.477 e. The van der Waals surface area contributed by atoms with Gasteiger partial charge in [-0.05, 0) is 6.92 Å². The number of pyridine rings is 1. The maximum absolute atomic E-state index is 11.6. The summed E-state index contributed by atoms with van der Waals surface area (Å²) in [7, 11) is 0. The second-order valence-electron chi connectivity index (χ2n) is 3.83. The molecule has 1 heterocycles. The van der Waals surface area contributed by atoms with Crippen LogP contribution in [-0.2, 0) is 14.4 Å². The lowest BCUT2D eigenvalue weighted by Crippen LogP contribution is -2.22. The molecule has 1 aromatic rings. The Kier molecular flexibility index (Phi) is 5.77. The van der Waals surface area contributed by atoms with Crippen molar-refractivity contribution < 1.29 is 19.5 Å². The Morgan fingerprint density at radius 2 is 1.81 bits per heavy atom. The summed E-state index contributed by atoms with van der Waals surface area (Å²) in [6.45, 7) is 1.07. The average Bonchev–Trinajstić information content (AvgIpc) is 2.39. The zero-order valence-corrected chi connectivity index (χ0v) is 12.9. The van der Waals surface area contributed by atoms with Crippen molar-refractivity contribution in [2.75, 3.05) is 0 Å². The van der Waals surface area contributed by atoms with E-state index in [1.165, 1.54) is 6.29 Å². The maximum Gasteiger partial charge on any atom is 0.353 e. The number of carbonyl (C=O) groups excluding carboxylic acids is 2. The van der Waals surface area contributed by atoms with Gasteiger partial charge in [-0.2, -0.15) is 12.6 Å². The van der Waals surface area contributed by atoms with E-state index in [2.05, 4.69) is 12.6 Å². The highest BCUT2D eigenvalue weighted by Crippen LogP contribution is 2.21. The van der Waals surface area contributed by atoms with Crippen LogP contribution >= 0.6 is 35.8 Å². The third kappa shape index (κ3) is 3.75. The summed E-state index contributed by atoms with van der Waals surface area (Å²) in [6.07, 6.45) is 3.38. The third-order valence-corrected chi connectivity index (χ3v) is 3.32. The number of carboxylic acids is 1. The number of carbonyl (C=O) groups is 2. The zero-order chi connectivity index (χ0) is 16.3. The first-order chi connectivity index (χ1) is 9.70. The molecule has 1 rings (SSSR count). The van der Waals surface area contributed by atoms with Crippen LogP contribution in [0.1, 0.15) is 6.92 Å². The number of hydrogen-bond acceptors (Lipinski definition) is 5. The van der Waals surface area contributed by atoms with Crippen molar-refractivity contribution in [3.8, 4) is 0 Å². The number of aromatic nitrogens is 1. The van der Waals surface area contributed by atoms with Crippen LogP contribution in [0.25, 0.3) is 5.70 Å². The molecular weight excluding hydrogens is 341 g/mol. The van der Waals surface area contributed by atoms with Gasteiger partial charge in [0, 0.05) is 18.0 Å². The van der Waals surface area contributed by atoms with Gasteiger partial charge in [0.2, 0.25) is 11.7 Å². The summed E-state index contributed by atoms with van der Waals surface area (Å²) in [5.41, 5.74) is -1.68. The second kappa shape index (κ2) is 6.93. The van der Waals surface area contributed by atoms with Gasteiger partial charge in [-0.15, -0.1) is 0 Å². The molecule has 0 spiro atoms. The lowest BCUT2D eigenvalue weighted by atomic mass is 10.1. The van der Waals surface area contributed by atoms with Crippen molar-refractivity contribution in [2.45, 2.75) is 12.2 Å². The van der Waals surface area contributed by atoms with E-state index in [0.717, 1.165) is 23.9 Å². The summed E-state index contributed by atoms with van der Waals surface area (Å²) in [4.78, 5) is 45.2. The molecule has 0 aromatic carbocycles. The lowest BCUT2D eigenvalue weighted by molar-refractivity contribution is -0.131. The molecule has 0 aliphatic rings. The standard InChI is InChI=1S/C12H8Cl2NO5S/c1-5(17)9(8(21)4-16)10(12(19)20)15-2-6(13)11(18)7(14)3-15/h2-3,8,21H,1H3,(H,19,20). The molecule has 0 saturated heterocycles. The summed E-state index contributed by atoms with van der Waals surface area (Å²) < 4.78 is 0.881. The van der Waals surface area contributed by atoms with E-state index >= 15 is 0 Å². The Balaban J connectivity index is 3.78. The first-order valence-electron chi connectivity index (χ1n) is 5.32. The van der Waals surface area contributed by atoms with Gasteiger partial charge in [0.25, 0.3) is 0 Å². The van der Waals surface area contributed by atoms with Gasteiger partial charge in [0.1, 0.15) is 15.7 Å². The van der Waals surface area contributed by atoms with Gasteiger partial charge in [-0.25, -0.2) is 4.79 Å². The molecule has 0 amide bonds. The lowest BCUT2D eigenvalue weighted by Gasteiger charge is -2.14. The zero-order valence-electron chi connectivity index (χ0n) is 10.5. The Labute approximate surface area is 134 Å². The Bertz CT molecular complexity index is 684.